The van der Waals surface area contributed by atoms with Crippen LogP contribution in [0.4, 0.5) is 4.39 Å². The van der Waals surface area contributed by atoms with Crippen LogP contribution < -0.4 is 0 Å². The predicted octanol–water partition coefficient (Wildman–Crippen LogP) is 2.48. The minimum Gasteiger partial charge on any atom is -0.340 e. The molecule has 94 valence electrons. The molecule has 0 atom stereocenters. The van der Waals surface area contributed by atoms with Gasteiger partial charge in [0.1, 0.15) is 11.2 Å². The molecule has 0 spiro atoms. The van der Waals surface area contributed by atoms with Crippen molar-refractivity contribution in [1.29, 1.82) is 5.26 Å². The van der Waals surface area contributed by atoms with Crippen LogP contribution in [0.25, 0.3) is 0 Å². The summed E-state index contributed by atoms with van der Waals surface area (Å²) in [6.45, 7) is 0.333. The highest BCUT2D eigenvalue weighted by atomic mass is 19.1. The molecule has 2 rings (SSSR count). The molecular weight excluding hydrogens is 231 g/mol. The number of nitrogens with zero attached hydrogens (tertiary/aromatic N) is 2. The lowest BCUT2D eigenvalue weighted by atomic mass is 9.69. The Morgan fingerprint density at radius 3 is 2.78 bits per heavy atom. The van der Waals surface area contributed by atoms with Gasteiger partial charge in [-0.25, -0.2) is 4.39 Å². The van der Waals surface area contributed by atoms with Crippen molar-refractivity contribution in [2.75, 3.05) is 7.05 Å². The first kappa shape index (κ1) is 12.6. The van der Waals surface area contributed by atoms with Gasteiger partial charge < -0.3 is 4.90 Å². The van der Waals surface area contributed by atoms with E-state index in [0.29, 0.717) is 19.4 Å². The average Bonchev–Trinajstić information content (AvgIpc) is 2.28. The van der Waals surface area contributed by atoms with Crippen molar-refractivity contribution < 1.29 is 9.18 Å². The van der Waals surface area contributed by atoms with Crippen molar-refractivity contribution in [1.82, 2.24) is 4.90 Å². The smallest absolute Gasteiger partial charge is 0.243 e. The summed E-state index contributed by atoms with van der Waals surface area (Å²) < 4.78 is 13.0. The van der Waals surface area contributed by atoms with Gasteiger partial charge in [-0.1, -0.05) is 12.1 Å². The zero-order valence-electron chi connectivity index (χ0n) is 10.3. The summed E-state index contributed by atoms with van der Waals surface area (Å²) in [7, 11) is 1.66. The molecule has 1 fully saturated rings. The van der Waals surface area contributed by atoms with Crippen LogP contribution in [0, 0.1) is 22.6 Å². The Bertz CT molecular complexity index is 503. The summed E-state index contributed by atoms with van der Waals surface area (Å²) in [5.74, 6) is -0.465. The number of hydrogen-bond donors (Lipinski definition) is 0. The molecule has 0 N–H and O–H groups in total. The second kappa shape index (κ2) is 4.77. The van der Waals surface area contributed by atoms with Gasteiger partial charge in [-0.2, -0.15) is 5.26 Å². The Morgan fingerprint density at radius 2 is 2.28 bits per heavy atom. The molecule has 3 nitrogen and oxygen atoms in total. The predicted molar refractivity (Wildman–Crippen MR) is 64.8 cm³/mol. The fraction of sp³-hybridized carbons (Fsp3) is 0.429. The van der Waals surface area contributed by atoms with Crippen molar-refractivity contribution in [3.63, 3.8) is 0 Å². The number of benzene rings is 1. The summed E-state index contributed by atoms with van der Waals surface area (Å²) >= 11 is 0. The molecule has 18 heavy (non-hydrogen) atoms. The lowest BCUT2D eigenvalue weighted by molar-refractivity contribution is -0.142. The van der Waals surface area contributed by atoms with Crippen LogP contribution in [0.2, 0.25) is 0 Å². The Morgan fingerprint density at radius 1 is 1.56 bits per heavy atom. The number of nitriles is 1. The van der Waals surface area contributed by atoms with E-state index in [1.54, 1.807) is 19.2 Å². The van der Waals surface area contributed by atoms with Crippen LogP contribution in [0.1, 0.15) is 24.8 Å². The second-order valence-corrected chi connectivity index (χ2v) is 4.84. The Hall–Kier alpha value is -1.89. The van der Waals surface area contributed by atoms with Crippen LogP contribution in [-0.2, 0) is 11.3 Å². The van der Waals surface area contributed by atoms with E-state index in [1.807, 2.05) is 0 Å². The third kappa shape index (κ3) is 2.21. The fourth-order valence-electron chi connectivity index (χ4n) is 2.25. The minimum atomic E-state index is -0.831. The van der Waals surface area contributed by atoms with Crippen LogP contribution in [-0.4, -0.2) is 17.9 Å². The first-order chi connectivity index (χ1) is 8.57. The van der Waals surface area contributed by atoms with Crippen molar-refractivity contribution >= 4 is 5.91 Å². The van der Waals surface area contributed by atoms with Crippen molar-refractivity contribution in [3.05, 3.63) is 35.6 Å². The number of halogens is 1. The quantitative estimate of drug-likeness (QED) is 0.822. The van der Waals surface area contributed by atoms with Gasteiger partial charge in [-0.15, -0.1) is 0 Å². The van der Waals surface area contributed by atoms with Gasteiger partial charge in [0.2, 0.25) is 5.91 Å². The van der Waals surface area contributed by atoms with Gasteiger partial charge in [0.25, 0.3) is 0 Å². The Kier molecular flexibility index (Phi) is 3.33. The summed E-state index contributed by atoms with van der Waals surface area (Å²) in [6, 6.07) is 8.29. The highest BCUT2D eigenvalue weighted by Gasteiger charge is 2.46. The molecule has 1 saturated carbocycles. The molecule has 0 bridgehead atoms. The van der Waals surface area contributed by atoms with E-state index >= 15 is 0 Å². The van der Waals surface area contributed by atoms with Crippen LogP contribution >= 0.6 is 0 Å². The number of amides is 1. The van der Waals surface area contributed by atoms with Crippen LogP contribution in [0.15, 0.2) is 24.3 Å². The first-order valence-electron chi connectivity index (χ1n) is 5.99. The number of hydrogen-bond acceptors (Lipinski definition) is 2. The maximum Gasteiger partial charge on any atom is 0.243 e. The lowest BCUT2D eigenvalue weighted by Gasteiger charge is -2.36. The monoisotopic (exact) mass is 246 g/mol. The summed E-state index contributed by atoms with van der Waals surface area (Å²) in [4.78, 5) is 13.7. The summed E-state index contributed by atoms with van der Waals surface area (Å²) in [5.41, 5.74) is -0.0968. The Balaban J connectivity index is 2.06. The normalized spacial score (nSPS) is 16.5. The second-order valence-electron chi connectivity index (χ2n) is 4.84. The molecule has 1 amide bonds. The lowest BCUT2D eigenvalue weighted by Crippen LogP contribution is -2.45. The highest BCUT2D eigenvalue weighted by molar-refractivity contribution is 5.86. The molecule has 0 heterocycles. The molecule has 1 aliphatic carbocycles. The fourth-order valence-corrected chi connectivity index (χ4v) is 2.25. The van der Waals surface area contributed by atoms with E-state index in [2.05, 4.69) is 6.07 Å². The summed E-state index contributed by atoms with van der Waals surface area (Å²) in [6.07, 6.45) is 2.19. The van der Waals surface area contributed by atoms with Gasteiger partial charge in [0.05, 0.1) is 6.07 Å². The molecule has 1 aliphatic rings. The summed E-state index contributed by atoms with van der Waals surface area (Å²) in [5, 5.41) is 9.11. The standard InChI is InChI=1S/C14H15FN2O/c1-17(9-11-4-2-5-12(15)8-11)13(18)14(10-16)6-3-7-14/h2,4-5,8H,3,6-7,9H2,1H3. The largest absolute Gasteiger partial charge is 0.340 e. The molecule has 4 heteroatoms. The van der Waals surface area contributed by atoms with Crippen LogP contribution in [0.5, 0.6) is 0 Å². The van der Waals surface area contributed by atoms with Gasteiger partial charge in [0, 0.05) is 13.6 Å². The van der Waals surface area contributed by atoms with Gasteiger partial charge in [-0.3, -0.25) is 4.79 Å². The van der Waals surface area contributed by atoms with Crippen molar-refractivity contribution in [2.45, 2.75) is 25.8 Å². The first-order valence-corrected chi connectivity index (χ1v) is 5.99. The van der Waals surface area contributed by atoms with Crippen molar-refractivity contribution in [2.24, 2.45) is 5.41 Å². The topological polar surface area (TPSA) is 44.1 Å². The van der Waals surface area contributed by atoms with Gasteiger partial charge >= 0.3 is 0 Å². The Labute approximate surface area is 106 Å². The number of carbonyl (C=O) groups excluding carboxylic acids is 1. The van der Waals surface area contributed by atoms with E-state index in [1.165, 1.54) is 17.0 Å². The third-order valence-electron chi connectivity index (χ3n) is 3.49. The highest BCUT2D eigenvalue weighted by Crippen LogP contribution is 2.41. The zero-order chi connectivity index (χ0) is 13.2. The van der Waals surface area contributed by atoms with E-state index in [0.717, 1.165) is 12.0 Å². The average molecular weight is 246 g/mol. The van der Waals surface area contributed by atoms with Gasteiger partial charge in [-0.05, 0) is 37.0 Å². The number of carbonyl (C=O) groups is 1. The van der Waals surface area contributed by atoms with Crippen molar-refractivity contribution in [3.8, 4) is 6.07 Å². The number of rotatable bonds is 3. The zero-order valence-corrected chi connectivity index (χ0v) is 10.3. The molecule has 1 aromatic carbocycles. The molecular formula is C14H15FN2O. The molecule has 0 saturated heterocycles. The molecule has 0 radical (unpaired) electrons. The molecule has 0 aliphatic heterocycles. The molecule has 0 unspecified atom stereocenters. The van der Waals surface area contributed by atoms with E-state index in [9.17, 15) is 9.18 Å². The maximum atomic E-state index is 13.0. The van der Waals surface area contributed by atoms with Crippen LogP contribution in [0.3, 0.4) is 0 Å². The minimum absolute atomic E-state index is 0.152. The third-order valence-corrected chi connectivity index (χ3v) is 3.49. The molecule has 1 aromatic rings. The maximum absolute atomic E-state index is 13.0. The SMILES string of the molecule is CN(Cc1cccc(F)c1)C(=O)C1(C#N)CCC1. The van der Waals surface area contributed by atoms with E-state index in [-0.39, 0.29) is 11.7 Å². The molecule has 0 aromatic heterocycles. The van der Waals surface area contributed by atoms with E-state index < -0.39 is 5.41 Å². The van der Waals surface area contributed by atoms with Gasteiger partial charge in [0.15, 0.2) is 0 Å². The van der Waals surface area contributed by atoms with E-state index in [4.69, 9.17) is 5.26 Å².